The first kappa shape index (κ1) is 12.4. The minimum atomic E-state index is -0.296. The van der Waals surface area contributed by atoms with Crippen LogP contribution in [-0.4, -0.2) is 25.7 Å². The van der Waals surface area contributed by atoms with Crippen LogP contribution in [0.25, 0.3) is 0 Å². The number of hydrogen-bond acceptors (Lipinski definition) is 4. The molecule has 0 aliphatic carbocycles. The Labute approximate surface area is 95.6 Å². The second-order valence-electron chi connectivity index (χ2n) is 3.62. The van der Waals surface area contributed by atoms with E-state index in [2.05, 4.69) is 10.1 Å². The Morgan fingerprint density at radius 2 is 2.19 bits per heavy atom. The fraction of sp³-hybridized carbons (Fsp3) is 0.417. The van der Waals surface area contributed by atoms with Crippen LogP contribution in [0.5, 0.6) is 5.75 Å². The minimum absolute atomic E-state index is 0.135. The second kappa shape index (κ2) is 6.00. The topological polar surface area (TPSA) is 47.6 Å². The van der Waals surface area contributed by atoms with Crippen LogP contribution in [-0.2, 0) is 9.53 Å². The lowest BCUT2D eigenvalue weighted by molar-refractivity contribution is -0.138. The van der Waals surface area contributed by atoms with E-state index >= 15 is 0 Å². The predicted molar refractivity (Wildman–Crippen MR) is 62.7 cm³/mol. The summed E-state index contributed by atoms with van der Waals surface area (Å²) in [6.45, 7) is 4.09. The number of ether oxygens (including phenoxy) is 2. The first-order valence-corrected chi connectivity index (χ1v) is 5.19. The molecule has 0 saturated carbocycles. The fourth-order valence-corrected chi connectivity index (χ4v) is 1.20. The Hall–Kier alpha value is -1.71. The third kappa shape index (κ3) is 4.21. The Morgan fingerprint density at radius 3 is 2.81 bits per heavy atom. The van der Waals surface area contributed by atoms with Crippen molar-refractivity contribution in [3.63, 3.8) is 0 Å². The molecule has 0 radical (unpaired) electrons. The van der Waals surface area contributed by atoms with Gasteiger partial charge in [0.05, 0.1) is 13.2 Å². The zero-order chi connectivity index (χ0) is 12.0. The summed E-state index contributed by atoms with van der Waals surface area (Å²) in [7, 11) is 1.36. The van der Waals surface area contributed by atoms with Gasteiger partial charge in [-0.3, -0.25) is 4.79 Å². The smallest absolute Gasteiger partial charge is 0.325 e. The van der Waals surface area contributed by atoms with Crippen molar-refractivity contribution < 1.29 is 14.3 Å². The first-order valence-electron chi connectivity index (χ1n) is 5.19. The molecule has 0 unspecified atom stereocenters. The molecule has 1 aromatic carbocycles. The summed E-state index contributed by atoms with van der Waals surface area (Å²) in [6.07, 6.45) is 0.135. The summed E-state index contributed by atoms with van der Waals surface area (Å²) in [6, 6.07) is 7.47. The van der Waals surface area contributed by atoms with Gasteiger partial charge in [0.1, 0.15) is 12.3 Å². The van der Waals surface area contributed by atoms with Gasteiger partial charge in [0.25, 0.3) is 0 Å². The third-order valence-electron chi connectivity index (χ3n) is 1.87. The van der Waals surface area contributed by atoms with E-state index in [1.807, 2.05) is 38.1 Å². The molecule has 0 bridgehead atoms. The van der Waals surface area contributed by atoms with Crippen LogP contribution in [0.2, 0.25) is 0 Å². The van der Waals surface area contributed by atoms with E-state index in [1.54, 1.807) is 0 Å². The van der Waals surface area contributed by atoms with Crippen molar-refractivity contribution >= 4 is 11.7 Å². The normalized spacial score (nSPS) is 10.0. The van der Waals surface area contributed by atoms with Crippen LogP contribution < -0.4 is 10.1 Å². The van der Waals surface area contributed by atoms with Gasteiger partial charge in [0.15, 0.2) is 0 Å². The maximum atomic E-state index is 10.9. The molecule has 4 nitrogen and oxygen atoms in total. The van der Waals surface area contributed by atoms with Gasteiger partial charge in [0, 0.05) is 11.8 Å². The van der Waals surface area contributed by atoms with E-state index in [-0.39, 0.29) is 18.6 Å². The highest BCUT2D eigenvalue weighted by molar-refractivity contribution is 5.74. The van der Waals surface area contributed by atoms with Crippen LogP contribution in [0.15, 0.2) is 24.3 Å². The van der Waals surface area contributed by atoms with Crippen molar-refractivity contribution in [2.24, 2.45) is 0 Å². The molecular weight excluding hydrogens is 206 g/mol. The van der Waals surface area contributed by atoms with Gasteiger partial charge >= 0.3 is 5.97 Å². The number of methoxy groups -OCH3 is 1. The average molecular weight is 223 g/mol. The van der Waals surface area contributed by atoms with Crippen molar-refractivity contribution in [2.75, 3.05) is 19.0 Å². The minimum Gasteiger partial charge on any atom is -0.491 e. The van der Waals surface area contributed by atoms with Crippen LogP contribution in [0, 0.1) is 0 Å². The number of anilines is 1. The summed E-state index contributed by atoms with van der Waals surface area (Å²) < 4.78 is 10.1. The number of hydrogen-bond donors (Lipinski definition) is 1. The van der Waals surface area contributed by atoms with Crippen LogP contribution in [0.3, 0.4) is 0 Å². The van der Waals surface area contributed by atoms with Crippen molar-refractivity contribution in [1.82, 2.24) is 0 Å². The lowest BCUT2D eigenvalue weighted by Crippen LogP contribution is -2.15. The van der Waals surface area contributed by atoms with Crippen LogP contribution >= 0.6 is 0 Å². The molecule has 0 spiro atoms. The Morgan fingerprint density at radius 1 is 1.44 bits per heavy atom. The third-order valence-corrected chi connectivity index (χ3v) is 1.87. The number of nitrogens with one attached hydrogen (secondary N) is 1. The molecule has 0 fully saturated rings. The molecule has 0 aliphatic rings. The zero-order valence-corrected chi connectivity index (χ0v) is 9.82. The highest BCUT2D eigenvalue weighted by Crippen LogP contribution is 2.18. The van der Waals surface area contributed by atoms with E-state index in [1.165, 1.54) is 7.11 Å². The summed E-state index contributed by atoms with van der Waals surface area (Å²) in [5.74, 6) is 0.486. The van der Waals surface area contributed by atoms with Gasteiger partial charge in [-0.15, -0.1) is 0 Å². The Balaban J connectivity index is 2.56. The number of benzene rings is 1. The summed E-state index contributed by atoms with van der Waals surface area (Å²) in [4.78, 5) is 10.9. The maximum Gasteiger partial charge on any atom is 0.325 e. The number of carbonyl (C=O) groups is 1. The highest BCUT2D eigenvalue weighted by Gasteiger charge is 2.02. The zero-order valence-electron chi connectivity index (χ0n) is 9.82. The van der Waals surface area contributed by atoms with Crippen LogP contribution in [0.1, 0.15) is 13.8 Å². The molecule has 0 heterocycles. The summed E-state index contributed by atoms with van der Waals surface area (Å²) in [5.41, 5.74) is 0.837. The summed E-state index contributed by atoms with van der Waals surface area (Å²) in [5, 5.41) is 2.95. The lowest BCUT2D eigenvalue weighted by Gasteiger charge is -2.11. The Kier molecular flexibility index (Phi) is 4.64. The number of esters is 1. The van der Waals surface area contributed by atoms with E-state index in [4.69, 9.17) is 4.74 Å². The van der Waals surface area contributed by atoms with Gasteiger partial charge in [-0.1, -0.05) is 6.07 Å². The van der Waals surface area contributed by atoms with Gasteiger partial charge < -0.3 is 14.8 Å². The average Bonchev–Trinajstić information content (AvgIpc) is 2.25. The maximum absolute atomic E-state index is 10.9. The first-order chi connectivity index (χ1) is 7.61. The van der Waals surface area contributed by atoms with Crippen molar-refractivity contribution in [1.29, 1.82) is 0 Å². The monoisotopic (exact) mass is 223 g/mol. The standard InChI is InChI=1S/C12H17NO3/c1-9(2)16-11-6-4-5-10(7-11)13-8-12(14)15-3/h4-7,9,13H,8H2,1-3H3. The van der Waals surface area contributed by atoms with Gasteiger partial charge in [-0.05, 0) is 26.0 Å². The van der Waals surface area contributed by atoms with Crippen molar-refractivity contribution in [3.8, 4) is 5.75 Å². The molecule has 1 N–H and O–H groups in total. The second-order valence-corrected chi connectivity index (χ2v) is 3.62. The van der Waals surface area contributed by atoms with Crippen molar-refractivity contribution in [2.45, 2.75) is 20.0 Å². The van der Waals surface area contributed by atoms with Gasteiger partial charge in [-0.25, -0.2) is 0 Å². The van der Waals surface area contributed by atoms with Gasteiger partial charge in [0.2, 0.25) is 0 Å². The van der Waals surface area contributed by atoms with Crippen molar-refractivity contribution in [3.05, 3.63) is 24.3 Å². The van der Waals surface area contributed by atoms with Gasteiger partial charge in [-0.2, -0.15) is 0 Å². The molecular formula is C12H17NO3. The largest absolute Gasteiger partial charge is 0.491 e. The van der Waals surface area contributed by atoms with E-state index < -0.39 is 0 Å². The molecule has 88 valence electrons. The SMILES string of the molecule is COC(=O)CNc1cccc(OC(C)C)c1. The molecule has 1 aromatic rings. The quantitative estimate of drug-likeness (QED) is 0.776. The van der Waals surface area contributed by atoms with E-state index in [0.717, 1.165) is 11.4 Å². The molecule has 0 amide bonds. The number of carbonyl (C=O) groups excluding carboxylic acids is 1. The molecule has 16 heavy (non-hydrogen) atoms. The Bertz CT molecular complexity index is 350. The predicted octanol–water partition coefficient (Wildman–Crippen LogP) is 2.06. The molecule has 0 saturated heterocycles. The number of rotatable bonds is 5. The van der Waals surface area contributed by atoms with E-state index in [0.29, 0.717) is 0 Å². The summed E-state index contributed by atoms with van der Waals surface area (Å²) >= 11 is 0. The van der Waals surface area contributed by atoms with Crippen LogP contribution in [0.4, 0.5) is 5.69 Å². The molecule has 0 atom stereocenters. The van der Waals surface area contributed by atoms with E-state index in [9.17, 15) is 4.79 Å². The molecule has 0 aliphatic heterocycles. The fourth-order valence-electron chi connectivity index (χ4n) is 1.20. The lowest BCUT2D eigenvalue weighted by atomic mass is 10.3. The molecule has 4 heteroatoms. The molecule has 1 rings (SSSR count). The molecule has 0 aromatic heterocycles. The highest BCUT2D eigenvalue weighted by atomic mass is 16.5.